The first-order valence-corrected chi connectivity index (χ1v) is 9.20. The molecular formula is C18H26BrClN2O. The van der Waals surface area contributed by atoms with Crippen LogP contribution < -0.4 is 11.1 Å². The quantitative estimate of drug-likeness (QED) is 0.808. The molecule has 2 fully saturated rings. The van der Waals surface area contributed by atoms with E-state index < -0.39 is 0 Å². The number of fused-ring (bicyclic) bond motifs is 2. The topological polar surface area (TPSA) is 55.1 Å². The molecule has 128 valence electrons. The summed E-state index contributed by atoms with van der Waals surface area (Å²) >= 11 is 3.44. The second-order valence-corrected chi connectivity index (χ2v) is 7.78. The Kier molecular flexibility index (Phi) is 6.93. The van der Waals surface area contributed by atoms with Gasteiger partial charge in [0.1, 0.15) is 0 Å². The largest absolute Gasteiger partial charge is 0.356 e. The van der Waals surface area contributed by atoms with Crippen molar-refractivity contribution in [3.05, 3.63) is 34.3 Å². The Labute approximate surface area is 153 Å². The average molecular weight is 402 g/mol. The number of hydrogen-bond acceptors (Lipinski definition) is 2. The minimum atomic E-state index is 0. The van der Waals surface area contributed by atoms with Crippen LogP contribution in [0.5, 0.6) is 0 Å². The van der Waals surface area contributed by atoms with E-state index in [9.17, 15) is 4.79 Å². The fourth-order valence-electron chi connectivity index (χ4n) is 4.13. The van der Waals surface area contributed by atoms with E-state index >= 15 is 0 Å². The van der Waals surface area contributed by atoms with Gasteiger partial charge in [-0.2, -0.15) is 0 Å². The van der Waals surface area contributed by atoms with Crippen molar-refractivity contribution in [2.75, 3.05) is 6.54 Å². The lowest BCUT2D eigenvalue weighted by atomic mass is 9.65. The van der Waals surface area contributed by atoms with Crippen molar-refractivity contribution in [3.63, 3.8) is 0 Å². The van der Waals surface area contributed by atoms with Crippen LogP contribution in [0.15, 0.2) is 28.7 Å². The van der Waals surface area contributed by atoms with E-state index in [-0.39, 0.29) is 24.2 Å². The van der Waals surface area contributed by atoms with Gasteiger partial charge in [-0.05, 0) is 61.6 Å². The third-order valence-electron chi connectivity index (χ3n) is 5.41. The first kappa shape index (κ1) is 18.8. The van der Waals surface area contributed by atoms with E-state index in [1.54, 1.807) is 0 Å². The molecule has 0 heterocycles. The predicted octanol–water partition coefficient (Wildman–Crippen LogP) is 3.68. The number of rotatable bonds is 4. The van der Waals surface area contributed by atoms with Crippen molar-refractivity contribution in [1.82, 2.24) is 5.32 Å². The molecule has 2 bridgehead atoms. The lowest BCUT2D eigenvalue weighted by Crippen LogP contribution is -2.49. The summed E-state index contributed by atoms with van der Waals surface area (Å²) in [6.45, 7) is 0.721. The maximum Gasteiger partial charge on any atom is 0.223 e. The minimum absolute atomic E-state index is 0. The van der Waals surface area contributed by atoms with Gasteiger partial charge in [0.2, 0.25) is 5.91 Å². The Morgan fingerprint density at radius 3 is 2.39 bits per heavy atom. The summed E-state index contributed by atoms with van der Waals surface area (Å²) in [5, 5.41) is 3.13. The van der Waals surface area contributed by atoms with Crippen molar-refractivity contribution in [2.24, 2.45) is 23.5 Å². The number of hydrogen-bond donors (Lipinski definition) is 2. The van der Waals surface area contributed by atoms with Gasteiger partial charge in [0.05, 0.1) is 0 Å². The molecule has 0 spiro atoms. The fourth-order valence-corrected chi connectivity index (χ4v) is 4.39. The Hall–Kier alpha value is -0.580. The zero-order chi connectivity index (χ0) is 15.5. The molecule has 2 aliphatic rings. The number of carbonyl (C=O) groups excluding carboxylic acids is 1. The molecule has 1 amide bonds. The number of carbonyl (C=O) groups is 1. The molecule has 0 aliphatic heterocycles. The maximum absolute atomic E-state index is 12.4. The average Bonchev–Trinajstić information content (AvgIpc) is 2.49. The molecule has 5 heteroatoms. The molecule has 0 radical (unpaired) electrons. The molecule has 3 rings (SSSR count). The minimum Gasteiger partial charge on any atom is -0.356 e. The predicted molar refractivity (Wildman–Crippen MR) is 99.6 cm³/mol. The van der Waals surface area contributed by atoms with Gasteiger partial charge in [-0.1, -0.05) is 34.5 Å². The second kappa shape index (κ2) is 8.50. The van der Waals surface area contributed by atoms with E-state index in [4.69, 9.17) is 5.73 Å². The van der Waals surface area contributed by atoms with Crippen LogP contribution in [0.2, 0.25) is 0 Å². The number of halogens is 2. The van der Waals surface area contributed by atoms with Crippen LogP contribution in [0.1, 0.15) is 37.7 Å². The second-order valence-electron chi connectivity index (χ2n) is 6.86. The van der Waals surface area contributed by atoms with Gasteiger partial charge in [0.15, 0.2) is 0 Å². The maximum atomic E-state index is 12.4. The Balaban J connectivity index is 0.00000192. The number of benzene rings is 1. The summed E-state index contributed by atoms with van der Waals surface area (Å²) in [6, 6.07) is 8.61. The zero-order valence-corrected chi connectivity index (χ0v) is 15.7. The van der Waals surface area contributed by atoms with Crippen LogP contribution >= 0.6 is 28.3 Å². The van der Waals surface area contributed by atoms with Crippen LogP contribution in [0, 0.1) is 17.8 Å². The molecule has 2 atom stereocenters. The molecule has 3 nitrogen and oxygen atoms in total. The van der Waals surface area contributed by atoms with Crippen molar-refractivity contribution in [1.29, 1.82) is 0 Å². The molecule has 2 saturated carbocycles. The zero-order valence-electron chi connectivity index (χ0n) is 13.3. The highest BCUT2D eigenvalue weighted by Gasteiger charge is 2.40. The van der Waals surface area contributed by atoms with Gasteiger partial charge in [-0.15, -0.1) is 12.4 Å². The number of nitrogens with one attached hydrogen (secondary N) is 1. The van der Waals surface area contributed by atoms with Crippen LogP contribution in [0.3, 0.4) is 0 Å². The van der Waals surface area contributed by atoms with E-state index in [0.717, 1.165) is 30.3 Å². The van der Waals surface area contributed by atoms with Gasteiger partial charge in [-0.25, -0.2) is 0 Å². The van der Waals surface area contributed by atoms with E-state index in [1.165, 1.54) is 24.8 Å². The number of amides is 1. The highest BCUT2D eigenvalue weighted by molar-refractivity contribution is 9.10. The molecule has 3 N–H and O–H groups in total. The normalized spacial score (nSPS) is 29.5. The molecule has 2 unspecified atom stereocenters. The van der Waals surface area contributed by atoms with Gasteiger partial charge in [-0.3, -0.25) is 4.79 Å². The van der Waals surface area contributed by atoms with Gasteiger partial charge in [0.25, 0.3) is 0 Å². The Morgan fingerprint density at radius 2 is 1.78 bits per heavy atom. The summed E-state index contributed by atoms with van der Waals surface area (Å²) in [5.41, 5.74) is 7.55. The van der Waals surface area contributed by atoms with Crippen molar-refractivity contribution in [2.45, 2.75) is 44.6 Å². The molecular weight excluding hydrogens is 376 g/mol. The molecule has 0 aromatic heterocycles. The Bertz CT molecular complexity index is 508. The summed E-state index contributed by atoms with van der Waals surface area (Å²) in [5.74, 6) is 1.55. The molecule has 1 aromatic carbocycles. The van der Waals surface area contributed by atoms with Crippen LogP contribution in [-0.4, -0.2) is 18.5 Å². The summed E-state index contributed by atoms with van der Waals surface area (Å²) in [6.07, 6.45) is 6.57. The van der Waals surface area contributed by atoms with Gasteiger partial charge < -0.3 is 11.1 Å². The van der Waals surface area contributed by atoms with E-state index in [0.29, 0.717) is 17.9 Å². The molecule has 1 aromatic rings. The lowest BCUT2D eigenvalue weighted by molar-refractivity contribution is -0.127. The van der Waals surface area contributed by atoms with E-state index in [1.807, 2.05) is 12.1 Å². The third kappa shape index (κ3) is 4.71. The number of nitrogens with two attached hydrogens (primary N) is 1. The molecule has 0 saturated heterocycles. The Morgan fingerprint density at radius 1 is 1.17 bits per heavy atom. The van der Waals surface area contributed by atoms with Crippen molar-refractivity contribution < 1.29 is 4.79 Å². The SMILES string of the molecule is Cl.NC1C2CCCC1CC(C(=O)NCCc1ccc(Br)cc1)C2. The first-order chi connectivity index (χ1) is 10.6. The van der Waals surface area contributed by atoms with E-state index in [2.05, 4.69) is 33.4 Å². The van der Waals surface area contributed by atoms with Crippen molar-refractivity contribution >= 4 is 34.2 Å². The smallest absolute Gasteiger partial charge is 0.223 e. The van der Waals surface area contributed by atoms with Crippen LogP contribution in [-0.2, 0) is 11.2 Å². The summed E-state index contributed by atoms with van der Waals surface area (Å²) < 4.78 is 1.09. The lowest BCUT2D eigenvalue weighted by Gasteiger charge is -2.43. The molecule has 2 aliphatic carbocycles. The van der Waals surface area contributed by atoms with Crippen molar-refractivity contribution in [3.8, 4) is 0 Å². The highest BCUT2D eigenvalue weighted by Crippen LogP contribution is 2.41. The summed E-state index contributed by atoms with van der Waals surface area (Å²) in [7, 11) is 0. The van der Waals surface area contributed by atoms with Crippen LogP contribution in [0.25, 0.3) is 0 Å². The monoisotopic (exact) mass is 400 g/mol. The van der Waals surface area contributed by atoms with Crippen LogP contribution in [0.4, 0.5) is 0 Å². The van der Waals surface area contributed by atoms with Gasteiger partial charge in [0, 0.05) is 23.0 Å². The van der Waals surface area contributed by atoms with Gasteiger partial charge >= 0.3 is 0 Å². The first-order valence-electron chi connectivity index (χ1n) is 8.41. The highest BCUT2D eigenvalue weighted by atomic mass is 79.9. The third-order valence-corrected chi connectivity index (χ3v) is 5.94. The fraction of sp³-hybridized carbons (Fsp3) is 0.611. The molecule has 23 heavy (non-hydrogen) atoms. The standard InChI is InChI=1S/C18H25BrN2O.ClH/c19-16-6-4-12(5-7-16)8-9-21-18(22)15-10-13-2-1-3-14(11-15)17(13)20;/h4-7,13-15,17H,1-3,8-11,20H2,(H,21,22);1H. The summed E-state index contributed by atoms with van der Waals surface area (Å²) in [4.78, 5) is 12.4.